The van der Waals surface area contributed by atoms with Crippen LogP contribution in [0, 0.1) is 24.0 Å². The molecule has 1 amide bonds. The highest BCUT2D eigenvalue weighted by molar-refractivity contribution is 7.99. The summed E-state index contributed by atoms with van der Waals surface area (Å²) in [6.45, 7) is 3.58. The fourth-order valence-electron chi connectivity index (χ4n) is 3.38. The molecule has 0 aliphatic carbocycles. The molecule has 3 aromatic carbocycles. The maximum absolute atomic E-state index is 12.8. The molecule has 4 aromatic rings. The number of amides is 1. The van der Waals surface area contributed by atoms with Gasteiger partial charge in [-0.2, -0.15) is 0 Å². The van der Waals surface area contributed by atoms with Crippen molar-refractivity contribution in [2.75, 3.05) is 11.1 Å². The number of carbonyl (C=O) groups is 1. The summed E-state index contributed by atoms with van der Waals surface area (Å²) in [7, 11) is 0. The molecule has 172 valence electrons. The van der Waals surface area contributed by atoms with Gasteiger partial charge in [-0.1, -0.05) is 47.6 Å². The molecule has 0 fully saturated rings. The van der Waals surface area contributed by atoms with Gasteiger partial charge in [-0.05, 0) is 61.4 Å². The van der Waals surface area contributed by atoms with Crippen LogP contribution in [0.25, 0.3) is 17.1 Å². The van der Waals surface area contributed by atoms with Crippen LogP contribution < -0.4 is 5.32 Å². The van der Waals surface area contributed by atoms with E-state index < -0.39 is 4.92 Å². The second-order valence-corrected chi connectivity index (χ2v) is 8.86. The Kier molecular flexibility index (Phi) is 6.95. The average molecular weight is 494 g/mol. The monoisotopic (exact) mass is 493 g/mol. The van der Waals surface area contributed by atoms with E-state index in [4.69, 9.17) is 11.6 Å². The lowest BCUT2D eigenvalue weighted by atomic mass is 10.1. The first kappa shape index (κ1) is 23.5. The van der Waals surface area contributed by atoms with E-state index in [1.54, 1.807) is 25.1 Å². The molecule has 0 atom stereocenters. The predicted octanol–water partition coefficient (Wildman–Crippen LogP) is 5.84. The lowest BCUT2D eigenvalue weighted by Gasteiger charge is -2.12. The number of aryl methyl sites for hydroxylation is 1. The zero-order valence-corrected chi connectivity index (χ0v) is 19.9. The van der Waals surface area contributed by atoms with E-state index in [2.05, 4.69) is 15.5 Å². The van der Waals surface area contributed by atoms with Crippen molar-refractivity contribution in [3.05, 3.63) is 93.0 Å². The zero-order valence-electron chi connectivity index (χ0n) is 18.4. The molecule has 0 bridgehead atoms. The maximum atomic E-state index is 12.8. The van der Waals surface area contributed by atoms with E-state index in [0.29, 0.717) is 21.6 Å². The summed E-state index contributed by atoms with van der Waals surface area (Å²) in [6, 6.07) is 19.9. The topological polar surface area (TPSA) is 103 Å². The lowest BCUT2D eigenvalue weighted by molar-refractivity contribution is -0.384. The van der Waals surface area contributed by atoms with E-state index >= 15 is 0 Å². The average Bonchev–Trinajstić information content (AvgIpc) is 3.25. The van der Waals surface area contributed by atoms with Crippen LogP contribution in [0.15, 0.2) is 71.9 Å². The Balaban J connectivity index is 1.61. The van der Waals surface area contributed by atoms with E-state index in [1.807, 2.05) is 54.0 Å². The third-order valence-corrected chi connectivity index (χ3v) is 6.44. The molecule has 10 heteroatoms. The molecule has 0 aliphatic heterocycles. The Morgan fingerprint density at radius 1 is 1.06 bits per heavy atom. The van der Waals surface area contributed by atoms with Crippen LogP contribution >= 0.6 is 23.4 Å². The normalized spacial score (nSPS) is 10.8. The molecule has 0 saturated heterocycles. The highest BCUT2D eigenvalue weighted by atomic mass is 35.5. The van der Waals surface area contributed by atoms with Gasteiger partial charge in [-0.25, -0.2) is 0 Å². The molecule has 34 heavy (non-hydrogen) atoms. The predicted molar refractivity (Wildman–Crippen MR) is 134 cm³/mol. The van der Waals surface area contributed by atoms with Gasteiger partial charge in [-0.15, -0.1) is 10.2 Å². The first-order chi connectivity index (χ1) is 16.3. The van der Waals surface area contributed by atoms with Crippen molar-refractivity contribution in [1.82, 2.24) is 14.8 Å². The highest BCUT2D eigenvalue weighted by Crippen LogP contribution is 2.32. The Bertz CT molecular complexity index is 1360. The number of para-hydroxylation sites is 1. The summed E-state index contributed by atoms with van der Waals surface area (Å²) < 4.78 is 1.86. The maximum Gasteiger partial charge on any atom is 0.293 e. The Morgan fingerprint density at radius 2 is 1.76 bits per heavy atom. The number of rotatable bonds is 7. The van der Waals surface area contributed by atoms with Crippen molar-refractivity contribution in [2.45, 2.75) is 19.0 Å². The van der Waals surface area contributed by atoms with Gasteiger partial charge in [0.15, 0.2) is 11.0 Å². The molecule has 0 radical (unpaired) electrons. The second kappa shape index (κ2) is 10.1. The number of nitro benzene ring substituents is 1. The first-order valence-corrected chi connectivity index (χ1v) is 11.7. The first-order valence-electron chi connectivity index (χ1n) is 10.3. The van der Waals surface area contributed by atoms with E-state index in [-0.39, 0.29) is 23.0 Å². The van der Waals surface area contributed by atoms with E-state index in [0.717, 1.165) is 16.8 Å². The van der Waals surface area contributed by atoms with Crippen molar-refractivity contribution in [1.29, 1.82) is 0 Å². The number of aromatic nitrogens is 3. The quantitative estimate of drug-likeness (QED) is 0.197. The van der Waals surface area contributed by atoms with Crippen LogP contribution in [0.5, 0.6) is 0 Å². The van der Waals surface area contributed by atoms with Gasteiger partial charge in [0, 0.05) is 22.3 Å². The van der Waals surface area contributed by atoms with Crippen molar-refractivity contribution in [3.8, 4) is 17.1 Å². The van der Waals surface area contributed by atoms with Crippen molar-refractivity contribution >= 4 is 40.6 Å². The lowest BCUT2D eigenvalue weighted by Crippen LogP contribution is -2.17. The summed E-state index contributed by atoms with van der Waals surface area (Å²) >= 11 is 7.22. The molecule has 0 saturated carbocycles. The number of nitro groups is 1. The molecular weight excluding hydrogens is 474 g/mol. The number of anilines is 1. The minimum Gasteiger partial charge on any atom is -0.319 e. The molecule has 1 N–H and O–H groups in total. The zero-order chi connectivity index (χ0) is 24.2. The minimum absolute atomic E-state index is 0.00385. The standard InChI is InChI=1S/C24H20ClN5O3S/c1-15-8-13-20(30(32)33)22(16(15)2)26-21(31)14-34-24-28-27-23(17-9-11-18(25)12-10-17)29(24)19-6-4-3-5-7-19/h3-13H,14H2,1-2H3,(H,26,31). The largest absolute Gasteiger partial charge is 0.319 e. The van der Waals surface area contributed by atoms with Crippen LogP contribution in [-0.4, -0.2) is 31.3 Å². The third kappa shape index (κ3) is 4.95. The highest BCUT2D eigenvalue weighted by Gasteiger charge is 2.21. The number of thioether (sulfide) groups is 1. The summed E-state index contributed by atoms with van der Waals surface area (Å²) in [4.78, 5) is 23.7. The van der Waals surface area contributed by atoms with E-state index in [9.17, 15) is 14.9 Å². The summed E-state index contributed by atoms with van der Waals surface area (Å²) in [5.41, 5.74) is 3.24. The van der Waals surface area contributed by atoms with Crippen LogP contribution in [-0.2, 0) is 4.79 Å². The Morgan fingerprint density at radius 3 is 2.44 bits per heavy atom. The van der Waals surface area contributed by atoms with Gasteiger partial charge in [0.25, 0.3) is 5.69 Å². The molecule has 1 aromatic heterocycles. The van der Waals surface area contributed by atoms with Gasteiger partial charge in [0.2, 0.25) is 5.91 Å². The van der Waals surface area contributed by atoms with Gasteiger partial charge >= 0.3 is 0 Å². The fourth-order valence-corrected chi connectivity index (χ4v) is 4.25. The second-order valence-electron chi connectivity index (χ2n) is 7.48. The van der Waals surface area contributed by atoms with Gasteiger partial charge in [-0.3, -0.25) is 19.5 Å². The van der Waals surface area contributed by atoms with Gasteiger partial charge < -0.3 is 5.32 Å². The fraction of sp³-hybridized carbons (Fsp3) is 0.125. The summed E-state index contributed by atoms with van der Waals surface area (Å²) in [6.07, 6.45) is 0. The van der Waals surface area contributed by atoms with E-state index in [1.165, 1.54) is 17.8 Å². The van der Waals surface area contributed by atoms with Crippen LogP contribution in [0.2, 0.25) is 5.02 Å². The molecular formula is C24H20ClN5O3S. The van der Waals surface area contributed by atoms with Crippen molar-refractivity contribution in [2.24, 2.45) is 0 Å². The van der Waals surface area contributed by atoms with Crippen LogP contribution in [0.4, 0.5) is 11.4 Å². The van der Waals surface area contributed by atoms with Gasteiger partial charge in [0.05, 0.1) is 10.7 Å². The molecule has 8 nitrogen and oxygen atoms in total. The summed E-state index contributed by atoms with van der Waals surface area (Å²) in [5, 5.41) is 23.9. The SMILES string of the molecule is Cc1ccc([N+](=O)[O-])c(NC(=O)CSc2nnc(-c3ccc(Cl)cc3)n2-c2ccccc2)c1C. The molecule has 0 spiro atoms. The summed E-state index contributed by atoms with van der Waals surface area (Å²) in [5.74, 6) is 0.226. The third-order valence-electron chi connectivity index (χ3n) is 5.26. The smallest absolute Gasteiger partial charge is 0.293 e. The van der Waals surface area contributed by atoms with Crippen molar-refractivity contribution in [3.63, 3.8) is 0 Å². The number of hydrogen-bond acceptors (Lipinski definition) is 6. The van der Waals surface area contributed by atoms with Crippen LogP contribution in [0.3, 0.4) is 0 Å². The number of hydrogen-bond donors (Lipinski definition) is 1. The Hall–Kier alpha value is -3.69. The van der Waals surface area contributed by atoms with Gasteiger partial charge in [0.1, 0.15) is 5.69 Å². The Labute approximate surface area is 205 Å². The number of benzene rings is 3. The molecule has 0 unspecified atom stereocenters. The van der Waals surface area contributed by atoms with Crippen LogP contribution in [0.1, 0.15) is 11.1 Å². The minimum atomic E-state index is -0.500. The molecule has 1 heterocycles. The van der Waals surface area contributed by atoms with Crippen molar-refractivity contribution < 1.29 is 9.72 Å². The number of halogens is 1. The molecule has 0 aliphatic rings. The molecule has 4 rings (SSSR count). The number of nitrogens with zero attached hydrogens (tertiary/aromatic N) is 4. The number of nitrogens with one attached hydrogen (secondary N) is 1. The number of carbonyl (C=O) groups excluding carboxylic acids is 1.